The first-order valence-electron chi connectivity index (χ1n) is 19.9. The molecule has 4 fully saturated rings. The minimum Gasteiger partial charge on any atom is -0.466 e. The molecule has 4 saturated carbocycles. The number of rotatable bonds is 8. The van der Waals surface area contributed by atoms with Gasteiger partial charge in [0.1, 0.15) is 0 Å². The summed E-state index contributed by atoms with van der Waals surface area (Å²) in [4.78, 5) is 12.6. The van der Waals surface area contributed by atoms with Gasteiger partial charge in [-0.25, -0.2) is 13.2 Å². The Morgan fingerprint density at radius 1 is 0.902 bits per heavy atom. The van der Waals surface area contributed by atoms with Crippen LogP contribution < -0.4 is 5.32 Å². The van der Waals surface area contributed by atoms with E-state index in [9.17, 15) is 13.2 Å². The lowest BCUT2D eigenvalue weighted by Gasteiger charge is -2.72. The molecular weight excluding hydrogens is 651 g/mol. The summed E-state index contributed by atoms with van der Waals surface area (Å²) in [6, 6.07) is 8.95. The molecule has 0 aromatic heterocycles. The molecule has 5 nitrogen and oxygen atoms in total. The first kappa shape index (κ1) is 36.9. The third kappa shape index (κ3) is 5.62. The Morgan fingerprint density at radius 3 is 2.31 bits per heavy atom. The number of benzene rings is 1. The molecule has 9 unspecified atom stereocenters. The van der Waals surface area contributed by atoms with Crippen LogP contribution in [0.4, 0.5) is 0 Å². The normalized spacial score (nSPS) is 40.0. The molecule has 0 heterocycles. The average Bonchev–Trinajstić information content (AvgIpc) is 3.48. The maximum absolute atomic E-state index is 13.3. The van der Waals surface area contributed by atoms with Gasteiger partial charge in [-0.3, -0.25) is 0 Å². The van der Waals surface area contributed by atoms with Gasteiger partial charge in [0.25, 0.3) is 0 Å². The highest BCUT2D eigenvalue weighted by atomic mass is 32.2. The molecule has 278 valence electrons. The molecular formula is C45H63NO4S. The van der Waals surface area contributed by atoms with Crippen LogP contribution in [-0.4, -0.2) is 39.3 Å². The Morgan fingerprint density at radius 2 is 1.65 bits per heavy atom. The van der Waals surface area contributed by atoms with Crippen molar-refractivity contribution < 1.29 is 17.9 Å². The van der Waals surface area contributed by atoms with Gasteiger partial charge in [0.05, 0.1) is 17.8 Å². The summed E-state index contributed by atoms with van der Waals surface area (Å²) in [5.41, 5.74) is 5.74. The topological polar surface area (TPSA) is 72.5 Å². The second-order valence-corrected chi connectivity index (χ2v) is 20.9. The van der Waals surface area contributed by atoms with Crippen molar-refractivity contribution in [1.29, 1.82) is 0 Å². The molecule has 6 heteroatoms. The minimum atomic E-state index is -3.34. The van der Waals surface area contributed by atoms with E-state index in [0.29, 0.717) is 41.0 Å². The second kappa shape index (κ2) is 12.9. The third-order valence-corrected chi connectivity index (χ3v) is 18.3. The molecule has 0 radical (unpaired) electrons. The van der Waals surface area contributed by atoms with Gasteiger partial charge < -0.3 is 10.1 Å². The molecule has 6 aliphatic carbocycles. The number of hydrogen-bond donors (Lipinski definition) is 1. The van der Waals surface area contributed by atoms with Crippen LogP contribution in [-0.2, 0) is 19.4 Å². The summed E-state index contributed by atoms with van der Waals surface area (Å²) in [5, 5.41) is 3.99. The number of allylic oxidation sites excluding steroid dienone is 6. The van der Waals surface area contributed by atoms with E-state index < -0.39 is 9.84 Å². The summed E-state index contributed by atoms with van der Waals surface area (Å²) in [5.74, 6) is 2.78. The summed E-state index contributed by atoms with van der Waals surface area (Å²) < 4.78 is 31.6. The van der Waals surface area contributed by atoms with Crippen molar-refractivity contribution in [2.75, 3.05) is 19.4 Å². The van der Waals surface area contributed by atoms with E-state index in [2.05, 4.69) is 65.6 Å². The van der Waals surface area contributed by atoms with Crippen molar-refractivity contribution in [3.05, 3.63) is 77.4 Å². The fourth-order valence-electron chi connectivity index (χ4n) is 13.9. The SMILES string of the molecule is C=C(C)C1CCC2(NCCS(=O)(=O)c3ccccc3)CCC3(C)C(CCC4C5(C)CC=C(C6=CC=C(C(=O)OC)CC6)C(C)(C)C5CCC43C)C12. The number of ether oxygens (including phenoxy) is 1. The average molecular weight is 714 g/mol. The highest BCUT2D eigenvalue weighted by molar-refractivity contribution is 7.91. The van der Waals surface area contributed by atoms with Gasteiger partial charge in [0, 0.05) is 17.7 Å². The van der Waals surface area contributed by atoms with Gasteiger partial charge in [0.15, 0.2) is 9.84 Å². The summed E-state index contributed by atoms with van der Waals surface area (Å²) in [7, 11) is -1.87. The Balaban J connectivity index is 1.16. The standard InChI is InChI=1S/C45H63NO4S/c1-30(2)34-20-25-45(46-28-29-51(48,49)33-12-10-9-11-13-33)27-26-43(6)36(39(34)45)18-19-38-42(5)23-21-35(31-14-16-32(17-15-31)40(47)50-8)41(3,4)37(42)22-24-44(38,43)7/h9-14,16,21,34,36-39,46H,1,15,17-20,22-29H2,2-8H3. The van der Waals surface area contributed by atoms with Gasteiger partial charge >= 0.3 is 5.97 Å². The second-order valence-electron chi connectivity index (χ2n) is 18.8. The number of methoxy groups -OCH3 is 1. The molecule has 0 saturated heterocycles. The van der Waals surface area contributed by atoms with Gasteiger partial charge in [0.2, 0.25) is 0 Å². The molecule has 0 bridgehead atoms. The largest absolute Gasteiger partial charge is 0.466 e. The number of carbonyl (C=O) groups is 1. The highest BCUT2D eigenvalue weighted by Gasteiger charge is 2.70. The highest BCUT2D eigenvalue weighted by Crippen LogP contribution is 2.76. The van der Waals surface area contributed by atoms with Crippen LogP contribution in [0.2, 0.25) is 0 Å². The van der Waals surface area contributed by atoms with Crippen molar-refractivity contribution in [2.24, 2.45) is 51.2 Å². The number of carbonyl (C=O) groups excluding carboxylic acids is 1. The van der Waals surface area contributed by atoms with Crippen LogP contribution in [0, 0.1) is 51.2 Å². The van der Waals surface area contributed by atoms with Crippen LogP contribution in [0.25, 0.3) is 0 Å². The first-order chi connectivity index (χ1) is 24.0. The monoisotopic (exact) mass is 713 g/mol. The molecule has 0 aliphatic heterocycles. The fraction of sp³-hybridized carbons (Fsp3) is 0.667. The van der Waals surface area contributed by atoms with E-state index in [-0.39, 0.29) is 38.9 Å². The molecule has 1 aromatic rings. The molecule has 7 rings (SSSR count). The van der Waals surface area contributed by atoms with Crippen LogP contribution >= 0.6 is 0 Å². The maximum atomic E-state index is 13.3. The van der Waals surface area contributed by atoms with E-state index in [1.165, 1.54) is 55.9 Å². The van der Waals surface area contributed by atoms with Crippen LogP contribution in [0.5, 0.6) is 0 Å². The number of sulfone groups is 1. The number of esters is 1. The molecule has 6 aliphatic rings. The quantitative estimate of drug-likeness (QED) is 0.215. The third-order valence-electron chi connectivity index (χ3n) is 16.5. The van der Waals surface area contributed by atoms with Gasteiger partial charge in [-0.2, -0.15) is 0 Å². The molecule has 51 heavy (non-hydrogen) atoms. The summed E-state index contributed by atoms with van der Waals surface area (Å²) in [6.07, 6.45) is 19.2. The lowest BCUT2D eigenvalue weighted by atomic mass is 9.33. The zero-order valence-electron chi connectivity index (χ0n) is 32.4. The summed E-state index contributed by atoms with van der Waals surface area (Å²) in [6.45, 7) is 20.3. The van der Waals surface area contributed by atoms with Crippen LogP contribution in [0.15, 0.2) is 82.3 Å². The zero-order chi connectivity index (χ0) is 36.6. The van der Waals surface area contributed by atoms with Crippen molar-refractivity contribution in [1.82, 2.24) is 5.32 Å². The molecule has 1 aromatic carbocycles. The maximum Gasteiger partial charge on any atom is 0.333 e. The van der Waals surface area contributed by atoms with E-state index in [4.69, 9.17) is 4.74 Å². The van der Waals surface area contributed by atoms with Gasteiger partial charge in [-0.1, -0.05) is 83.2 Å². The lowest BCUT2D eigenvalue weighted by molar-refractivity contribution is -0.221. The van der Waals surface area contributed by atoms with Crippen LogP contribution in [0.3, 0.4) is 0 Å². The summed E-state index contributed by atoms with van der Waals surface area (Å²) >= 11 is 0. The van der Waals surface area contributed by atoms with Crippen LogP contribution in [0.1, 0.15) is 112 Å². The molecule has 1 N–H and O–H groups in total. The van der Waals surface area contributed by atoms with E-state index in [1.807, 2.05) is 24.3 Å². The van der Waals surface area contributed by atoms with Gasteiger partial charge in [-0.15, -0.1) is 0 Å². The van der Waals surface area contributed by atoms with Crippen molar-refractivity contribution >= 4 is 15.8 Å². The Labute approximate surface area is 308 Å². The Kier molecular flexibility index (Phi) is 9.30. The molecule has 0 spiro atoms. The first-order valence-corrected chi connectivity index (χ1v) is 21.6. The van der Waals surface area contributed by atoms with E-state index in [1.54, 1.807) is 12.1 Å². The number of hydrogen-bond acceptors (Lipinski definition) is 5. The smallest absolute Gasteiger partial charge is 0.333 e. The molecule has 9 atom stereocenters. The van der Waals surface area contributed by atoms with Gasteiger partial charge in [-0.05, 0) is 152 Å². The predicted octanol–water partition coefficient (Wildman–Crippen LogP) is 9.82. The number of nitrogens with one attached hydrogen (secondary N) is 1. The Bertz CT molecular complexity index is 1770. The molecule has 0 amide bonds. The van der Waals surface area contributed by atoms with Crippen molar-refractivity contribution in [2.45, 2.75) is 123 Å². The minimum absolute atomic E-state index is 0.0231. The predicted molar refractivity (Wildman–Crippen MR) is 207 cm³/mol. The number of fused-ring (bicyclic) bond motifs is 7. The fourth-order valence-corrected chi connectivity index (χ4v) is 15.1. The van der Waals surface area contributed by atoms with Crippen molar-refractivity contribution in [3.8, 4) is 0 Å². The zero-order valence-corrected chi connectivity index (χ0v) is 33.3. The van der Waals surface area contributed by atoms with Crippen molar-refractivity contribution in [3.63, 3.8) is 0 Å². The van der Waals surface area contributed by atoms with E-state index in [0.717, 1.165) is 44.1 Å². The van der Waals surface area contributed by atoms with E-state index >= 15 is 0 Å². The Hall–Kier alpha value is -2.44. The lowest BCUT2D eigenvalue weighted by Crippen LogP contribution is -2.68.